The van der Waals surface area contributed by atoms with E-state index in [0.29, 0.717) is 31.2 Å². The number of methoxy groups -OCH3 is 1. The number of nitrogens with one attached hydrogen (secondary N) is 2. The maximum absolute atomic E-state index is 5.65. The van der Waals surface area contributed by atoms with Crippen LogP contribution in [0.5, 0.6) is 5.75 Å². The highest BCUT2D eigenvalue weighted by Crippen LogP contribution is 2.29. The van der Waals surface area contributed by atoms with Gasteiger partial charge in [0.25, 0.3) is 0 Å². The van der Waals surface area contributed by atoms with Crippen molar-refractivity contribution in [2.45, 2.75) is 37.9 Å². The van der Waals surface area contributed by atoms with E-state index in [-0.39, 0.29) is 0 Å². The first-order valence-electron chi connectivity index (χ1n) is 9.12. The van der Waals surface area contributed by atoms with Crippen LogP contribution in [0.3, 0.4) is 0 Å². The van der Waals surface area contributed by atoms with Crippen LogP contribution < -0.4 is 15.4 Å². The summed E-state index contributed by atoms with van der Waals surface area (Å²) in [6.07, 6.45) is 3.87. The van der Waals surface area contributed by atoms with Crippen molar-refractivity contribution in [2.24, 2.45) is 5.92 Å². The van der Waals surface area contributed by atoms with Crippen molar-refractivity contribution >= 4 is 0 Å². The van der Waals surface area contributed by atoms with Gasteiger partial charge in [0, 0.05) is 32.3 Å². The Morgan fingerprint density at radius 2 is 2.08 bits per heavy atom. The highest BCUT2D eigenvalue weighted by atomic mass is 16.5. The molecule has 3 atom stereocenters. The van der Waals surface area contributed by atoms with E-state index in [9.17, 15) is 0 Å². The summed E-state index contributed by atoms with van der Waals surface area (Å²) < 4.78 is 16.2. The van der Waals surface area contributed by atoms with Crippen LogP contribution in [0.4, 0.5) is 0 Å². The zero-order chi connectivity index (χ0) is 16.6. The Kier molecular flexibility index (Phi) is 6.90. The summed E-state index contributed by atoms with van der Waals surface area (Å²) in [7, 11) is 1.68. The molecular formula is C19H30N2O3. The van der Waals surface area contributed by atoms with E-state index in [4.69, 9.17) is 14.2 Å². The van der Waals surface area contributed by atoms with Gasteiger partial charge in [0.15, 0.2) is 0 Å². The van der Waals surface area contributed by atoms with Crippen molar-refractivity contribution in [2.75, 3.05) is 40.1 Å². The molecule has 1 aliphatic heterocycles. The van der Waals surface area contributed by atoms with Crippen LogP contribution >= 0.6 is 0 Å². The third-order valence-electron chi connectivity index (χ3n) is 5.08. The van der Waals surface area contributed by atoms with Crippen molar-refractivity contribution in [3.8, 4) is 5.75 Å². The molecule has 2 fully saturated rings. The molecule has 1 saturated carbocycles. The lowest BCUT2D eigenvalue weighted by molar-refractivity contribution is 0.0524. The van der Waals surface area contributed by atoms with Crippen molar-refractivity contribution in [3.63, 3.8) is 0 Å². The standard InChI is InChI=1S/C19H30N2O3/c1-22-11-12-24-16-7-5-15(6-8-16)13-21-18-4-2-3-17(18)19-14-23-10-9-20-19/h5-8,17-21H,2-4,9-14H2,1H3. The monoisotopic (exact) mass is 334 g/mol. The van der Waals surface area contributed by atoms with E-state index < -0.39 is 0 Å². The van der Waals surface area contributed by atoms with Gasteiger partial charge < -0.3 is 24.8 Å². The Bertz CT molecular complexity index is 474. The summed E-state index contributed by atoms with van der Waals surface area (Å²) >= 11 is 0. The van der Waals surface area contributed by atoms with Gasteiger partial charge in [-0.2, -0.15) is 0 Å². The van der Waals surface area contributed by atoms with Gasteiger partial charge in [-0.15, -0.1) is 0 Å². The van der Waals surface area contributed by atoms with E-state index in [1.54, 1.807) is 7.11 Å². The molecule has 1 aromatic carbocycles. The second-order valence-electron chi connectivity index (χ2n) is 6.70. The van der Waals surface area contributed by atoms with Crippen LogP contribution in [0.15, 0.2) is 24.3 Å². The maximum atomic E-state index is 5.65. The molecule has 1 aliphatic carbocycles. The number of hydrogen-bond donors (Lipinski definition) is 2. The Labute approximate surface area is 145 Å². The van der Waals surface area contributed by atoms with Gasteiger partial charge in [-0.25, -0.2) is 0 Å². The Hall–Kier alpha value is -1.14. The predicted octanol–water partition coefficient (Wildman–Crippen LogP) is 1.96. The fourth-order valence-electron chi connectivity index (χ4n) is 3.78. The van der Waals surface area contributed by atoms with Crippen LogP contribution in [0.2, 0.25) is 0 Å². The summed E-state index contributed by atoms with van der Waals surface area (Å²) in [5.41, 5.74) is 1.30. The normalized spacial score (nSPS) is 27.3. The summed E-state index contributed by atoms with van der Waals surface area (Å²) in [6.45, 7) is 4.81. The molecule has 5 nitrogen and oxygen atoms in total. The number of hydrogen-bond acceptors (Lipinski definition) is 5. The Morgan fingerprint density at radius 3 is 2.83 bits per heavy atom. The SMILES string of the molecule is COCCOc1ccc(CNC2CCCC2C2COCCN2)cc1. The zero-order valence-electron chi connectivity index (χ0n) is 14.6. The van der Waals surface area contributed by atoms with Crippen molar-refractivity contribution < 1.29 is 14.2 Å². The topological polar surface area (TPSA) is 51.8 Å². The highest BCUT2D eigenvalue weighted by Gasteiger charge is 2.34. The summed E-state index contributed by atoms with van der Waals surface area (Å²) in [5.74, 6) is 1.58. The average molecular weight is 334 g/mol. The Morgan fingerprint density at radius 1 is 1.21 bits per heavy atom. The quantitative estimate of drug-likeness (QED) is 0.712. The minimum atomic E-state index is 0.510. The first-order chi connectivity index (χ1) is 11.9. The zero-order valence-corrected chi connectivity index (χ0v) is 14.6. The molecule has 0 spiro atoms. The van der Waals surface area contributed by atoms with Crippen molar-refractivity contribution in [1.82, 2.24) is 10.6 Å². The second kappa shape index (κ2) is 9.37. The average Bonchev–Trinajstić information content (AvgIpc) is 3.11. The largest absolute Gasteiger partial charge is 0.491 e. The van der Waals surface area contributed by atoms with Crippen LogP contribution in [-0.4, -0.2) is 52.2 Å². The first kappa shape index (κ1) is 17.7. The number of benzene rings is 1. The predicted molar refractivity (Wildman–Crippen MR) is 94.4 cm³/mol. The van der Waals surface area contributed by atoms with Crippen LogP contribution in [0, 0.1) is 5.92 Å². The van der Waals surface area contributed by atoms with Gasteiger partial charge in [0.2, 0.25) is 0 Å². The highest BCUT2D eigenvalue weighted by molar-refractivity contribution is 5.27. The molecule has 5 heteroatoms. The van der Waals surface area contributed by atoms with E-state index in [1.807, 2.05) is 12.1 Å². The van der Waals surface area contributed by atoms with Gasteiger partial charge in [0.05, 0.1) is 19.8 Å². The fraction of sp³-hybridized carbons (Fsp3) is 0.684. The third kappa shape index (κ3) is 4.93. The molecule has 2 N–H and O–H groups in total. The van der Waals surface area contributed by atoms with E-state index in [0.717, 1.165) is 32.1 Å². The van der Waals surface area contributed by atoms with Crippen molar-refractivity contribution in [1.29, 1.82) is 0 Å². The fourth-order valence-corrected chi connectivity index (χ4v) is 3.78. The summed E-state index contributed by atoms with van der Waals surface area (Å²) in [5, 5.41) is 7.39. The maximum Gasteiger partial charge on any atom is 0.119 e. The molecular weight excluding hydrogens is 304 g/mol. The van der Waals surface area contributed by atoms with E-state index >= 15 is 0 Å². The molecule has 134 valence electrons. The molecule has 1 aromatic rings. The molecule has 0 radical (unpaired) electrons. The molecule has 3 unspecified atom stereocenters. The number of rotatable bonds is 8. The van der Waals surface area contributed by atoms with Gasteiger partial charge in [-0.05, 0) is 36.5 Å². The lowest BCUT2D eigenvalue weighted by Gasteiger charge is -2.33. The molecule has 0 aromatic heterocycles. The number of morpholine rings is 1. The molecule has 2 aliphatic rings. The third-order valence-corrected chi connectivity index (χ3v) is 5.08. The lowest BCUT2D eigenvalue weighted by Crippen LogP contribution is -2.50. The van der Waals surface area contributed by atoms with Crippen LogP contribution in [0.1, 0.15) is 24.8 Å². The van der Waals surface area contributed by atoms with Gasteiger partial charge in [-0.1, -0.05) is 18.6 Å². The molecule has 1 saturated heterocycles. The number of ether oxygens (including phenoxy) is 3. The van der Waals surface area contributed by atoms with Gasteiger partial charge in [-0.3, -0.25) is 0 Å². The molecule has 0 bridgehead atoms. The molecule has 0 amide bonds. The Balaban J connectivity index is 1.45. The summed E-state index contributed by atoms with van der Waals surface area (Å²) in [4.78, 5) is 0. The summed E-state index contributed by atoms with van der Waals surface area (Å²) in [6, 6.07) is 9.45. The molecule has 1 heterocycles. The molecule has 24 heavy (non-hydrogen) atoms. The van der Waals surface area contributed by atoms with Crippen LogP contribution in [-0.2, 0) is 16.0 Å². The second-order valence-corrected chi connectivity index (χ2v) is 6.70. The molecule has 3 rings (SSSR count). The van der Waals surface area contributed by atoms with Gasteiger partial charge >= 0.3 is 0 Å². The van der Waals surface area contributed by atoms with Crippen molar-refractivity contribution in [3.05, 3.63) is 29.8 Å². The van der Waals surface area contributed by atoms with E-state index in [2.05, 4.69) is 22.8 Å². The first-order valence-corrected chi connectivity index (χ1v) is 9.12. The van der Waals surface area contributed by atoms with E-state index in [1.165, 1.54) is 24.8 Å². The minimum absolute atomic E-state index is 0.510. The smallest absolute Gasteiger partial charge is 0.119 e. The van der Waals surface area contributed by atoms with Gasteiger partial charge in [0.1, 0.15) is 12.4 Å². The minimum Gasteiger partial charge on any atom is -0.491 e. The van der Waals surface area contributed by atoms with Crippen LogP contribution in [0.25, 0.3) is 0 Å². The lowest BCUT2D eigenvalue weighted by atomic mass is 9.94.